The van der Waals surface area contributed by atoms with E-state index >= 15 is 0 Å². The molecule has 140 valence electrons. The van der Waals surface area contributed by atoms with Crippen molar-refractivity contribution in [2.75, 3.05) is 0 Å². The predicted molar refractivity (Wildman–Crippen MR) is 105 cm³/mol. The molecule has 0 atom stereocenters. The molecular formula is C21H17FN4OS. The van der Waals surface area contributed by atoms with Crippen molar-refractivity contribution < 1.29 is 8.91 Å². The second kappa shape index (κ2) is 7.24. The molecule has 1 aliphatic rings. The van der Waals surface area contributed by atoms with Crippen molar-refractivity contribution in [2.24, 2.45) is 0 Å². The van der Waals surface area contributed by atoms with E-state index in [1.807, 2.05) is 42.5 Å². The van der Waals surface area contributed by atoms with E-state index in [1.165, 1.54) is 17.8 Å². The Balaban J connectivity index is 1.38. The molecule has 2 aromatic carbocycles. The van der Waals surface area contributed by atoms with Gasteiger partial charge in [0.1, 0.15) is 17.3 Å². The summed E-state index contributed by atoms with van der Waals surface area (Å²) in [5.74, 6) is 1.66. The van der Waals surface area contributed by atoms with E-state index in [1.54, 1.807) is 12.1 Å². The van der Waals surface area contributed by atoms with E-state index < -0.39 is 0 Å². The zero-order chi connectivity index (χ0) is 18.9. The summed E-state index contributed by atoms with van der Waals surface area (Å²) in [4.78, 5) is 0. The van der Waals surface area contributed by atoms with Gasteiger partial charge in [0.05, 0.1) is 11.3 Å². The monoisotopic (exact) mass is 392 g/mol. The molecule has 1 fully saturated rings. The molecule has 2 aromatic heterocycles. The Labute approximate surface area is 165 Å². The molecule has 1 aliphatic carbocycles. The maximum Gasteiger partial charge on any atom is 0.192 e. The molecule has 7 heteroatoms. The van der Waals surface area contributed by atoms with Crippen LogP contribution in [0.1, 0.15) is 24.6 Å². The van der Waals surface area contributed by atoms with Crippen LogP contribution in [0.2, 0.25) is 0 Å². The molecule has 0 saturated heterocycles. The highest BCUT2D eigenvalue weighted by Crippen LogP contribution is 2.42. The van der Waals surface area contributed by atoms with Gasteiger partial charge in [0, 0.05) is 17.7 Å². The molecule has 0 N–H and O–H groups in total. The maximum atomic E-state index is 14.3. The Morgan fingerprint density at radius 2 is 1.82 bits per heavy atom. The number of hydrogen-bond donors (Lipinski definition) is 0. The first-order valence-electron chi connectivity index (χ1n) is 9.13. The van der Waals surface area contributed by atoms with Crippen molar-refractivity contribution in [3.63, 3.8) is 0 Å². The van der Waals surface area contributed by atoms with Gasteiger partial charge in [-0.3, -0.25) is 4.57 Å². The van der Waals surface area contributed by atoms with E-state index in [0.29, 0.717) is 23.2 Å². The standard InChI is InChI=1S/C21H17FN4OS/c22-18-9-5-4-8-17(18)20-23-24-21(26(20)15-10-11-15)28-13-16-12-19(25-27-16)14-6-2-1-3-7-14/h1-9,12,15H,10-11,13H2. The number of hydrogen-bond acceptors (Lipinski definition) is 5. The molecule has 5 nitrogen and oxygen atoms in total. The van der Waals surface area contributed by atoms with Crippen LogP contribution in [0.25, 0.3) is 22.6 Å². The van der Waals surface area contributed by atoms with Gasteiger partial charge < -0.3 is 4.52 Å². The summed E-state index contributed by atoms with van der Waals surface area (Å²) in [5, 5.41) is 13.5. The first-order chi connectivity index (χ1) is 13.8. The lowest BCUT2D eigenvalue weighted by molar-refractivity contribution is 0.397. The number of halogens is 1. The average Bonchev–Trinajstić information content (AvgIpc) is 3.30. The fraction of sp³-hybridized carbons (Fsp3) is 0.190. The van der Waals surface area contributed by atoms with Gasteiger partial charge in [-0.25, -0.2) is 4.39 Å². The largest absolute Gasteiger partial charge is 0.360 e. The highest BCUT2D eigenvalue weighted by molar-refractivity contribution is 7.98. The quantitative estimate of drug-likeness (QED) is 0.413. The lowest BCUT2D eigenvalue weighted by atomic mass is 10.1. The normalized spacial score (nSPS) is 13.8. The molecule has 2 heterocycles. The fourth-order valence-electron chi connectivity index (χ4n) is 3.13. The minimum atomic E-state index is -0.281. The van der Waals surface area contributed by atoms with Gasteiger partial charge in [0.2, 0.25) is 0 Å². The van der Waals surface area contributed by atoms with Gasteiger partial charge in [-0.05, 0) is 25.0 Å². The number of thioether (sulfide) groups is 1. The van der Waals surface area contributed by atoms with Crippen LogP contribution in [-0.4, -0.2) is 19.9 Å². The maximum absolute atomic E-state index is 14.3. The molecule has 0 spiro atoms. The van der Waals surface area contributed by atoms with Crippen molar-refractivity contribution in [2.45, 2.75) is 29.8 Å². The summed E-state index contributed by atoms with van der Waals surface area (Å²) in [5.41, 5.74) is 2.32. The van der Waals surface area contributed by atoms with E-state index in [2.05, 4.69) is 19.9 Å². The first kappa shape index (κ1) is 17.2. The molecule has 5 rings (SSSR count). The van der Waals surface area contributed by atoms with Crippen molar-refractivity contribution in [1.82, 2.24) is 19.9 Å². The van der Waals surface area contributed by atoms with Crippen LogP contribution in [-0.2, 0) is 5.75 Å². The van der Waals surface area contributed by atoms with Crippen molar-refractivity contribution >= 4 is 11.8 Å². The third kappa shape index (κ3) is 3.33. The van der Waals surface area contributed by atoms with Crippen LogP contribution in [0.4, 0.5) is 4.39 Å². The minimum absolute atomic E-state index is 0.281. The SMILES string of the molecule is Fc1ccccc1-c1nnc(SCc2cc(-c3ccccc3)no2)n1C1CC1. The Kier molecular flexibility index (Phi) is 4.44. The lowest BCUT2D eigenvalue weighted by Gasteiger charge is -2.08. The van der Waals surface area contributed by atoms with Gasteiger partial charge in [-0.1, -0.05) is 59.4 Å². The summed E-state index contributed by atoms with van der Waals surface area (Å²) >= 11 is 1.53. The van der Waals surface area contributed by atoms with E-state index in [0.717, 1.165) is 35.0 Å². The van der Waals surface area contributed by atoms with E-state index in [-0.39, 0.29) is 5.82 Å². The summed E-state index contributed by atoms with van der Waals surface area (Å²) in [6.45, 7) is 0. The Bertz CT molecular complexity index is 1100. The molecule has 0 bridgehead atoms. The van der Waals surface area contributed by atoms with Crippen LogP contribution in [0.3, 0.4) is 0 Å². The topological polar surface area (TPSA) is 56.7 Å². The summed E-state index contributed by atoms with van der Waals surface area (Å²) in [7, 11) is 0. The minimum Gasteiger partial charge on any atom is -0.360 e. The molecule has 0 aliphatic heterocycles. The van der Waals surface area contributed by atoms with E-state index in [4.69, 9.17) is 4.52 Å². The van der Waals surface area contributed by atoms with Crippen LogP contribution in [0.5, 0.6) is 0 Å². The van der Waals surface area contributed by atoms with Gasteiger partial charge in [0.15, 0.2) is 11.0 Å². The molecule has 0 unspecified atom stereocenters. The zero-order valence-electron chi connectivity index (χ0n) is 15.0. The summed E-state index contributed by atoms with van der Waals surface area (Å²) < 4.78 is 21.8. The molecule has 28 heavy (non-hydrogen) atoms. The third-order valence-electron chi connectivity index (χ3n) is 4.66. The van der Waals surface area contributed by atoms with Crippen LogP contribution in [0, 0.1) is 5.82 Å². The van der Waals surface area contributed by atoms with Gasteiger partial charge in [0.25, 0.3) is 0 Å². The van der Waals surface area contributed by atoms with Crippen molar-refractivity contribution in [3.05, 3.63) is 72.2 Å². The van der Waals surface area contributed by atoms with Gasteiger partial charge >= 0.3 is 0 Å². The number of aromatic nitrogens is 4. The van der Waals surface area contributed by atoms with E-state index in [9.17, 15) is 4.39 Å². The first-order valence-corrected chi connectivity index (χ1v) is 10.1. The Morgan fingerprint density at radius 3 is 2.61 bits per heavy atom. The second-order valence-corrected chi connectivity index (χ2v) is 7.66. The third-order valence-corrected chi connectivity index (χ3v) is 5.63. The highest BCUT2D eigenvalue weighted by Gasteiger charge is 2.31. The highest BCUT2D eigenvalue weighted by atomic mass is 32.2. The average molecular weight is 392 g/mol. The zero-order valence-corrected chi connectivity index (χ0v) is 15.8. The fourth-order valence-corrected chi connectivity index (χ4v) is 4.01. The molecule has 0 amide bonds. The van der Waals surface area contributed by atoms with Gasteiger partial charge in [-0.2, -0.15) is 0 Å². The summed E-state index contributed by atoms with van der Waals surface area (Å²) in [6.07, 6.45) is 2.13. The second-order valence-electron chi connectivity index (χ2n) is 6.72. The number of benzene rings is 2. The van der Waals surface area contributed by atoms with Crippen LogP contribution < -0.4 is 0 Å². The molecule has 0 radical (unpaired) electrons. The lowest BCUT2D eigenvalue weighted by Crippen LogP contribution is -2.01. The number of rotatable bonds is 6. The molecule has 1 saturated carbocycles. The van der Waals surface area contributed by atoms with Crippen LogP contribution in [0.15, 0.2) is 70.3 Å². The van der Waals surface area contributed by atoms with Crippen molar-refractivity contribution in [3.8, 4) is 22.6 Å². The van der Waals surface area contributed by atoms with Crippen LogP contribution >= 0.6 is 11.8 Å². The van der Waals surface area contributed by atoms with Gasteiger partial charge in [-0.15, -0.1) is 10.2 Å². The van der Waals surface area contributed by atoms with Crippen molar-refractivity contribution in [1.29, 1.82) is 0 Å². The Morgan fingerprint density at radius 1 is 1.04 bits per heavy atom. The Hall–Kier alpha value is -2.93. The molecule has 4 aromatic rings. The summed E-state index contributed by atoms with van der Waals surface area (Å²) in [6, 6.07) is 18.9. The predicted octanol–water partition coefficient (Wildman–Crippen LogP) is 5.37. The number of nitrogens with zero attached hydrogens (tertiary/aromatic N) is 4. The molecular weight excluding hydrogens is 375 g/mol. The smallest absolute Gasteiger partial charge is 0.192 e.